The topological polar surface area (TPSA) is 79.7 Å². The van der Waals surface area contributed by atoms with Crippen molar-refractivity contribution in [2.45, 2.75) is 37.7 Å². The van der Waals surface area contributed by atoms with Crippen LogP contribution in [0.3, 0.4) is 0 Å². The first kappa shape index (κ1) is 19.9. The summed E-state index contributed by atoms with van der Waals surface area (Å²) in [5.41, 5.74) is 6.29. The predicted molar refractivity (Wildman–Crippen MR) is 123 cm³/mol. The molecule has 1 N–H and O–H groups in total. The van der Waals surface area contributed by atoms with E-state index in [0.29, 0.717) is 5.56 Å². The Hall–Kier alpha value is -3.00. The fourth-order valence-corrected chi connectivity index (χ4v) is 4.78. The number of hydrogen-bond acceptors (Lipinski definition) is 4. The number of amides is 1. The van der Waals surface area contributed by atoms with Gasteiger partial charge in [0.1, 0.15) is 5.69 Å². The number of aryl methyl sites for hydroxylation is 1. The number of alkyl halides is 1. The van der Waals surface area contributed by atoms with Crippen LogP contribution in [0.4, 0.5) is 0 Å². The minimum Gasteiger partial charge on any atom is -0.334 e. The molecule has 1 aliphatic rings. The fraction of sp³-hybridized carbons (Fsp3) is 0.304. The molecule has 158 valence electrons. The molecule has 31 heavy (non-hydrogen) atoms. The molecular formula is C23H23BrN6O. The van der Waals surface area contributed by atoms with Crippen molar-refractivity contribution in [3.8, 4) is 11.3 Å². The van der Waals surface area contributed by atoms with Crippen molar-refractivity contribution < 1.29 is 4.79 Å². The van der Waals surface area contributed by atoms with Gasteiger partial charge < -0.3 is 9.47 Å². The average Bonchev–Trinajstić information content (AvgIpc) is 3.53. The lowest BCUT2D eigenvalue weighted by Crippen LogP contribution is -2.38. The lowest BCUT2D eigenvalue weighted by atomic mass is 10.0. The van der Waals surface area contributed by atoms with E-state index in [2.05, 4.69) is 59.1 Å². The molecule has 0 radical (unpaired) electrons. The van der Waals surface area contributed by atoms with Gasteiger partial charge in [-0.2, -0.15) is 15.4 Å². The zero-order valence-corrected chi connectivity index (χ0v) is 18.8. The maximum atomic E-state index is 13.6. The van der Waals surface area contributed by atoms with Gasteiger partial charge in [0.05, 0.1) is 29.1 Å². The summed E-state index contributed by atoms with van der Waals surface area (Å²) in [7, 11) is 0. The molecule has 0 saturated carbocycles. The van der Waals surface area contributed by atoms with E-state index in [-0.39, 0.29) is 11.9 Å². The molecule has 7 nitrogen and oxygen atoms in total. The van der Waals surface area contributed by atoms with Crippen LogP contribution in [0.2, 0.25) is 0 Å². The van der Waals surface area contributed by atoms with E-state index >= 15 is 0 Å². The van der Waals surface area contributed by atoms with Crippen molar-refractivity contribution in [3.63, 3.8) is 0 Å². The number of aromatic amines is 1. The third-order valence-electron chi connectivity index (χ3n) is 6.02. The molecule has 3 heterocycles. The Morgan fingerprint density at radius 3 is 2.90 bits per heavy atom. The number of benzene rings is 2. The van der Waals surface area contributed by atoms with Crippen molar-refractivity contribution in [3.05, 3.63) is 65.6 Å². The molecule has 2 aromatic heterocycles. The number of nitrogens with one attached hydrogen (secondary N) is 1. The lowest BCUT2D eigenvalue weighted by molar-refractivity contribution is 0.0726. The van der Waals surface area contributed by atoms with Crippen molar-refractivity contribution >= 4 is 32.9 Å². The number of aromatic nitrogens is 5. The molecule has 0 aliphatic carbocycles. The highest BCUT2D eigenvalue weighted by atomic mass is 79.9. The normalized spacial score (nSPS) is 16.3. The zero-order chi connectivity index (χ0) is 21.4. The minimum absolute atomic E-state index is 0.0477. The number of nitrogens with zero attached hydrogens (tertiary/aromatic N) is 5. The van der Waals surface area contributed by atoms with E-state index in [9.17, 15) is 4.79 Å². The Bertz CT molecular complexity index is 1250. The number of fused-ring (bicyclic) bond motifs is 1. The maximum Gasteiger partial charge on any atom is 0.254 e. The number of likely N-dealkylation sites (tertiary alicyclic amines) is 1. The second-order valence-corrected chi connectivity index (χ2v) is 8.51. The van der Waals surface area contributed by atoms with Crippen LogP contribution in [0, 0.1) is 6.92 Å². The predicted octanol–water partition coefficient (Wildman–Crippen LogP) is 4.33. The number of carbonyl (C=O) groups is 1. The number of carbonyl (C=O) groups excluding carboxylic acids is 1. The number of halogens is 1. The summed E-state index contributed by atoms with van der Waals surface area (Å²) in [5.74, 6) is 0.0477. The highest BCUT2D eigenvalue weighted by Gasteiger charge is 2.31. The standard InChI is InChI=1S/C23H23BrN6O/c1-15-22(27-28-26-15)18-6-2-3-7-19(18)23(31)30-10-4-5-17(30)13-29-14-25-20-11-16(12-24)8-9-21(20)29/h2-3,6-9,11,14,17H,4-5,10,12-13H2,1H3,(H,26,27,28)/t17-/m0/s1. The number of hydrogen-bond donors (Lipinski definition) is 1. The van der Waals surface area contributed by atoms with Crippen LogP contribution in [-0.4, -0.2) is 48.4 Å². The Labute approximate surface area is 188 Å². The van der Waals surface area contributed by atoms with E-state index in [0.717, 1.165) is 59.2 Å². The number of rotatable bonds is 5. The molecule has 1 fully saturated rings. The Balaban J connectivity index is 1.43. The molecule has 1 amide bonds. The first-order valence-corrected chi connectivity index (χ1v) is 11.6. The van der Waals surface area contributed by atoms with Crippen LogP contribution in [-0.2, 0) is 11.9 Å². The molecule has 0 spiro atoms. The minimum atomic E-state index is 0.0477. The van der Waals surface area contributed by atoms with E-state index < -0.39 is 0 Å². The molecule has 2 aromatic carbocycles. The third-order valence-corrected chi connectivity index (χ3v) is 6.67. The van der Waals surface area contributed by atoms with Gasteiger partial charge in [-0.1, -0.05) is 40.2 Å². The van der Waals surface area contributed by atoms with Crippen LogP contribution in [0.15, 0.2) is 48.8 Å². The van der Waals surface area contributed by atoms with Gasteiger partial charge in [-0.05, 0) is 43.5 Å². The van der Waals surface area contributed by atoms with Crippen LogP contribution >= 0.6 is 15.9 Å². The Morgan fingerprint density at radius 2 is 2.10 bits per heavy atom. The van der Waals surface area contributed by atoms with Gasteiger partial charge in [-0.3, -0.25) is 4.79 Å². The quantitative estimate of drug-likeness (QED) is 0.433. The zero-order valence-electron chi connectivity index (χ0n) is 17.3. The van der Waals surface area contributed by atoms with Gasteiger partial charge >= 0.3 is 0 Å². The fourth-order valence-electron chi connectivity index (χ4n) is 4.43. The molecule has 0 bridgehead atoms. The van der Waals surface area contributed by atoms with Crippen molar-refractivity contribution in [2.24, 2.45) is 0 Å². The van der Waals surface area contributed by atoms with Crippen LogP contribution in [0.5, 0.6) is 0 Å². The molecule has 5 rings (SSSR count). The maximum absolute atomic E-state index is 13.6. The van der Waals surface area contributed by atoms with Crippen molar-refractivity contribution in [1.29, 1.82) is 0 Å². The molecule has 8 heteroatoms. The largest absolute Gasteiger partial charge is 0.334 e. The summed E-state index contributed by atoms with van der Waals surface area (Å²) >= 11 is 3.50. The third kappa shape index (κ3) is 3.65. The van der Waals surface area contributed by atoms with E-state index in [1.54, 1.807) is 0 Å². The molecular weight excluding hydrogens is 456 g/mol. The van der Waals surface area contributed by atoms with Gasteiger partial charge in [0, 0.05) is 29.5 Å². The molecule has 1 saturated heterocycles. The highest BCUT2D eigenvalue weighted by Crippen LogP contribution is 2.29. The van der Waals surface area contributed by atoms with Gasteiger partial charge in [0.2, 0.25) is 0 Å². The smallest absolute Gasteiger partial charge is 0.254 e. The van der Waals surface area contributed by atoms with Gasteiger partial charge in [-0.25, -0.2) is 4.98 Å². The summed E-state index contributed by atoms with van der Waals surface area (Å²) in [6, 6.07) is 14.1. The lowest BCUT2D eigenvalue weighted by Gasteiger charge is -2.26. The number of imidazole rings is 1. The van der Waals surface area contributed by atoms with Crippen molar-refractivity contribution in [1.82, 2.24) is 29.9 Å². The van der Waals surface area contributed by atoms with Gasteiger partial charge in [-0.15, -0.1) is 0 Å². The van der Waals surface area contributed by atoms with E-state index in [4.69, 9.17) is 0 Å². The summed E-state index contributed by atoms with van der Waals surface area (Å²) in [6.45, 7) is 3.39. The molecule has 1 aliphatic heterocycles. The van der Waals surface area contributed by atoms with Crippen LogP contribution in [0.25, 0.3) is 22.3 Å². The second kappa shape index (κ2) is 8.26. The average molecular weight is 479 g/mol. The molecule has 4 aromatic rings. The first-order chi connectivity index (χ1) is 15.2. The monoisotopic (exact) mass is 478 g/mol. The Morgan fingerprint density at radius 1 is 1.23 bits per heavy atom. The van der Waals surface area contributed by atoms with Crippen molar-refractivity contribution in [2.75, 3.05) is 6.54 Å². The summed E-state index contributed by atoms with van der Waals surface area (Å²) in [5, 5.41) is 11.9. The molecule has 1 atom stereocenters. The van der Waals surface area contributed by atoms with Gasteiger partial charge in [0.25, 0.3) is 5.91 Å². The first-order valence-electron chi connectivity index (χ1n) is 10.4. The highest BCUT2D eigenvalue weighted by molar-refractivity contribution is 9.08. The van der Waals surface area contributed by atoms with Crippen LogP contribution in [0.1, 0.15) is 34.5 Å². The van der Waals surface area contributed by atoms with E-state index in [1.165, 1.54) is 5.56 Å². The van der Waals surface area contributed by atoms with E-state index in [1.807, 2.05) is 42.4 Å². The molecule has 0 unspecified atom stereocenters. The summed E-state index contributed by atoms with van der Waals surface area (Å²) < 4.78 is 2.16. The second-order valence-electron chi connectivity index (χ2n) is 7.95. The SMILES string of the molecule is Cc1n[nH]nc1-c1ccccc1C(=O)N1CCC[C@H]1Cn1cnc2cc(CBr)ccc21. The number of H-pyrrole nitrogens is 1. The Kier molecular flexibility index (Phi) is 5.31. The van der Waals surface area contributed by atoms with Crippen LogP contribution < -0.4 is 0 Å². The summed E-state index contributed by atoms with van der Waals surface area (Å²) in [4.78, 5) is 20.2. The van der Waals surface area contributed by atoms with Gasteiger partial charge in [0.15, 0.2) is 0 Å². The summed E-state index contributed by atoms with van der Waals surface area (Å²) in [6.07, 6.45) is 3.87.